The molecule has 1 fully saturated rings. The van der Waals surface area contributed by atoms with Crippen LogP contribution in [0.5, 0.6) is 0 Å². The summed E-state index contributed by atoms with van der Waals surface area (Å²) in [6, 6.07) is 0.454. The average Bonchev–Trinajstić information content (AvgIpc) is 2.96. The molecule has 0 aromatic carbocycles. The summed E-state index contributed by atoms with van der Waals surface area (Å²) in [7, 11) is 3.75. The first-order valence-corrected chi connectivity index (χ1v) is 5.11. The van der Waals surface area contributed by atoms with Gasteiger partial charge in [-0.25, -0.2) is 4.79 Å². The highest BCUT2D eigenvalue weighted by molar-refractivity contribution is 4.88. The zero-order valence-corrected chi connectivity index (χ0v) is 8.73. The summed E-state index contributed by atoms with van der Waals surface area (Å²) in [6.07, 6.45) is 6.26. The van der Waals surface area contributed by atoms with E-state index < -0.39 is 0 Å². The van der Waals surface area contributed by atoms with E-state index in [1.807, 2.05) is 19.4 Å². The molecule has 0 spiro atoms. The van der Waals surface area contributed by atoms with Gasteiger partial charge in [-0.2, -0.15) is 0 Å². The van der Waals surface area contributed by atoms with Crippen LogP contribution in [0.25, 0.3) is 0 Å². The zero-order chi connectivity index (χ0) is 10.1. The highest BCUT2D eigenvalue weighted by atomic mass is 16.1. The lowest BCUT2D eigenvalue weighted by Gasteiger charge is -2.14. The molecule has 1 unspecified atom stereocenters. The van der Waals surface area contributed by atoms with Crippen LogP contribution in [0.3, 0.4) is 0 Å². The lowest BCUT2D eigenvalue weighted by molar-refractivity contribution is 0.428. The Morgan fingerprint density at radius 1 is 1.57 bits per heavy atom. The average molecular weight is 195 g/mol. The Kier molecular flexibility index (Phi) is 2.46. The van der Waals surface area contributed by atoms with Crippen molar-refractivity contribution in [2.24, 2.45) is 13.0 Å². The lowest BCUT2D eigenvalue weighted by Crippen LogP contribution is -2.36. The van der Waals surface area contributed by atoms with Crippen molar-refractivity contribution in [2.75, 3.05) is 7.05 Å². The quantitative estimate of drug-likeness (QED) is 0.744. The minimum absolute atomic E-state index is 0.0749. The van der Waals surface area contributed by atoms with E-state index in [1.165, 1.54) is 12.8 Å². The van der Waals surface area contributed by atoms with Crippen molar-refractivity contribution in [3.05, 3.63) is 22.9 Å². The molecule has 1 heterocycles. The number of likely N-dealkylation sites (N-methyl/N-ethyl adjacent to an activating group) is 1. The topological polar surface area (TPSA) is 39.0 Å². The van der Waals surface area contributed by atoms with E-state index in [9.17, 15) is 4.79 Å². The first-order valence-electron chi connectivity index (χ1n) is 5.11. The maximum absolute atomic E-state index is 11.6. The van der Waals surface area contributed by atoms with Crippen molar-refractivity contribution in [3.8, 4) is 0 Å². The van der Waals surface area contributed by atoms with Crippen molar-refractivity contribution in [1.29, 1.82) is 0 Å². The van der Waals surface area contributed by atoms with Crippen LogP contribution in [-0.4, -0.2) is 22.2 Å². The molecule has 4 nitrogen and oxygen atoms in total. The standard InChI is InChI=1S/C10H17N3O/c1-11-9(8-3-4-8)7-13-6-5-12(2)10(13)14/h5-6,8-9,11H,3-4,7H2,1-2H3. The van der Waals surface area contributed by atoms with E-state index in [-0.39, 0.29) is 5.69 Å². The molecular formula is C10H17N3O. The Balaban J connectivity index is 2.08. The Hall–Kier alpha value is -1.03. The van der Waals surface area contributed by atoms with Crippen molar-refractivity contribution in [2.45, 2.75) is 25.4 Å². The Morgan fingerprint density at radius 3 is 2.71 bits per heavy atom. The SMILES string of the molecule is CNC(Cn1ccn(C)c1=O)C1CC1. The fourth-order valence-corrected chi connectivity index (χ4v) is 1.84. The molecule has 0 amide bonds. The fourth-order valence-electron chi connectivity index (χ4n) is 1.84. The summed E-state index contributed by atoms with van der Waals surface area (Å²) < 4.78 is 3.39. The third-order valence-corrected chi connectivity index (χ3v) is 2.97. The highest BCUT2D eigenvalue weighted by Gasteiger charge is 2.30. The maximum Gasteiger partial charge on any atom is 0.327 e. The largest absolute Gasteiger partial charge is 0.327 e. The van der Waals surface area contributed by atoms with Gasteiger partial charge in [0.15, 0.2) is 0 Å². The second-order valence-corrected chi connectivity index (χ2v) is 4.08. The Bertz CT molecular complexity index is 362. The van der Waals surface area contributed by atoms with Crippen molar-refractivity contribution in [1.82, 2.24) is 14.5 Å². The molecular weight excluding hydrogens is 178 g/mol. The molecule has 1 atom stereocenters. The second kappa shape index (κ2) is 3.61. The van der Waals surface area contributed by atoms with E-state index >= 15 is 0 Å². The Morgan fingerprint density at radius 2 is 2.29 bits per heavy atom. The monoisotopic (exact) mass is 195 g/mol. The van der Waals surface area contributed by atoms with Crippen molar-refractivity contribution < 1.29 is 0 Å². The van der Waals surface area contributed by atoms with Gasteiger partial charge in [0, 0.05) is 32.0 Å². The van der Waals surface area contributed by atoms with Crippen LogP contribution >= 0.6 is 0 Å². The van der Waals surface area contributed by atoms with Crippen LogP contribution < -0.4 is 11.0 Å². The number of imidazole rings is 1. The summed E-state index contributed by atoms with van der Waals surface area (Å²) in [5, 5.41) is 3.28. The van der Waals surface area contributed by atoms with Crippen LogP contribution in [0.15, 0.2) is 17.2 Å². The van der Waals surface area contributed by atoms with E-state index in [4.69, 9.17) is 0 Å². The number of hydrogen-bond acceptors (Lipinski definition) is 2. The number of nitrogens with zero attached hydrogens (tertiary/aromatic N) is 2. The van der Waals surface area contributed by atoms with Gasteiger partial charge in [-0.1, -0.05) is 0 Å². The van der Waals surface area contributed by atoms with Gasteiger partial charge in [-0.05, 0) is 25.8 Å². The third-order valence-electron chi connectivity index (χ3n) is 2.97. The van der Waals surface area contributed by atoms with E-state index in [1.54, 1.807) is 16.2 Å². The van der Waals surface area contributed by atoms with Gasteiger partial charge in [0.05, 0.1) is 0 Å². The molecule has 0 bridgehead atoms. The number of aryl methyl sites for hydroxylation is 1. The van der Waals surface area contributed by atoms with Crippen LogP contribution in [0.1, 0.15) is 12.8 Å². The molecule has 78 valence electrons. The van der Waals surface area contributed by atoms with E-state index in [0.29, 0.717) is 6.04 Å². The molecule has 14 heavy (non-hydrogen) atoms. The minimum Gasteiger partial charge on any atom is -0.315 e. The molecule has 2 rings (SSSR count). The van der Waals surface area contributed by atoms with Gasteiger partial charge in [-0.3, -0.25) is 4.57 Å². The van der Waals surface area contributed by atoms with Gasteiger partial charge in [0.25, 0.3) is 0 Å². The summed E-state index contributed by atoms with van der Waals surface area (Å²) in [4.78, 5) is 11.6. The fraction of sp³-hybridized carbons (Fsp3) is 0.700. The van der Waals surface area contributed by atoms with Crippen LogP contribution in [0.4, 0.5) is 0 Å². The van der Waals surface area contributed by atoms with Crippen LogP contribution in [0, 0.1) is 5.92 Å². The molecule has 4 heteroatoms. The van der Waals surface area contributed by atoms with E-state index in [0.717, 1.165) is 12.5 Å². The molecule has 1 aromatic rings. The van der Waals surface area contributed by atoms with Crippen molar-refractivity contribution in [3.63, 3.8) is 0 Å². The summed E-state index contributed by atoms with van der Waals surface area (Å²) in [5.41, 5.74) is 0.0749. The van der Waals surface area contributed by atoms with Crippen molar-refractivity contribution >= 4 is 0 Å². The molecule has 1 aromatic heterocycles. The number of aromatic nitrogens is 2. The number of hydrogen-bond donors (Lipinski definition) is 1. The normalized spacial score (nSPS) is 18.4. The number of rotatable bonds is 4. The predicted molar refractivity (Wildman–Crippen MR) is 55.2 cm³/mol. The maximum atomic E-state index is 11.6. The van der Waals surface area contributed by atoms with Gasteiger partial charge in [-0.15, -0.1) is 0 Å². The predicted octanol–water partition coefficient (Wildman–Crippen LogP) is 0.185. The first-order chi connectivity index (χ1) is 6.72. The lowest BCUT2D eigenvalue weighted by atomic mass is 10.2. The zero-order valence-electron chi connectivity index (χ0n) is 8.73. The van der Waals surface area contributed by atoms with Gasteiger partial charge in [0.1, 0.15) is 0 Å². The molecule has 1 aliphatic rings. The third kappa shape index (κ3) is 1.75. The summed E-state index contributed by atoms with van der Waals surface area (Å²) in [6.45, 7) is 0.792. The molecule has 0 saturated heterocycles. The number of nitrogens with one attached hydrogen (secondary N) is 1. The van der Waals surface area contributed by atoms with Gasteiger partial charge >= 0.3 is 5.69 Å². The minimum atomic E-state index is 0.0749. The first kappa shape index (κ1) is 9.52. The van der Waals surface area contributed by atoms with Gasteiger partial charge in [0.2, 0.25) is 0 Å². The molecule has 1 saturated carbocycles. The van der Waals surface area contributed by atoms with Crippen LogP contribution in [0.2, 0.25) is 0 Å². The second-order valence-electron chi connectivity index (χ2n) is 4.08. The summed E-state index contributed by atoms with van der Waals surface area (Å²) in [5.74, 6) is 0.770. The molecule has 0 aliphatic heterocycles. The van der Waals surface area contributed by atoms with Gasteiger partial charge < -0.3 is 9.88 Å². The Labute approximate surface area is 83.5 Å². The van der Waals surface area contributed by atoms with E-state index in [2.05, 4.69) is 5.32 Å². The highest BCUT2D eigenvalue weighted by Crippen LogP contribution is 2.32. The smallest absolute Gasteiger partial charge is 0.315 e. The molecule has 1 N–H and O–H groups in total. The molecule has 0 radical (unpaired) electrons. The molecule has 1 aliphatic carbocycles. The summed E-state index contributed by atoms with van der Waals surface area (Å²) >= 11 is 0. The van der Waals surface area contributed by atoms with Crippen LogP contribution in [-0.2, 0) is 13.6 Å².